The molecule has 0 aliphatic carbocycles. The number of non-ortho nitro benzene ring substituents is 1. The van der Waals surface area contributed by atoms with Gasteiger partial charge in [-0.25, -0.2) is 14.4 Å². The molecule has 1 atom stereocenters. The third kappa shape index (κ3) is 11.9. The van der Waals surface area contributed by atoms with E-state index in [1.807, 2.05) is 18.2 Å². The Balaban J connectivity index is 1.88. The topological polar surface area (TPSA) is 146 Å². The Bertz CT molecular complexity index is 1040. The first-order valence-corrected chi connectivity index (χ1v) is 11.9. The van der Waals surface area contributed by atoms with E-state index in [-0.39, 0.29) is 25.3 Å². The molecule has 2 rings (SSSR count). The van der Waals surface area contributed by atoms with E-state index in [1.54, 1.807) is 32.9 Å². The number of ether oxygens (including phenoxy) is 3. The van der Waals surface area contributed by atoms with Crippen LogP contribution in [0, 0.1) is 10.1 Å². The molecule has 2 amide bonds. The fourth-order valence-corrected chi connectivity index (χ4v) is 3.10. The van der Waals surface area contributed by atoms with E-state index in [4.69, 9.17) is 14.2 Å². The summed E-state index contributed by atoms with van der Waals surface area (Å²) in [6.45, 7) is 5.55. The van der Waals surface area contributed by atoms with Crippen molar-refractivity contribution in [2.45, 2.75) is 64.9 Å². The highest BCUT2D eigenvalue weighted by Crippen LogP contribution is 2.14. The standard InChI is InChI=1S/C26H33N3O8/c1-26(2,3)37-24(31)27-16-8-7-11-22(28-25(32)36-18-19-9-5-4-6-10-19)23(30)35-17-20-12-14-21(15-13-20)29(33)34/h4-6,9-10,12-15,22H,7-8,11,16-18H2,1-3H3,(H,27,31)(H,28,32)/t22-/m1/s1. The van der Waals surface area contributed by atoms with Crippen LogP contribution in [0.3, 0.4) is 0 Å². The second kappa shape index (κ2) is 14.4. The quantitative estimate of drug-likeness (QED) is 0.137. The highest BCUT2D eigenvalue weighted by atomic mass is 16.6. The Morgan fingerprint density at radius 2 is 1.51 bits per heavy atom. The van der Waals surface area contributed by atoms with Gasteiger partial charge in [0.25, 0.3) is 5.69 Å². The van der Waals surface area contributed by atoms with Crippen molar-refractivity contribution >= 4 is 23.8 Å². The van der Waals surface area contributed by atoms with E-state index in [1.165, 1.54) is 24.3 Å². The maximum absolute atomic E-state index is 12.7. The van der Waals surface area contributed by atoms with E-state index < -0.39 is 34.7 Å². The third-order valence-corrected chi connectivity index (χ3v) is 4.91. The van der Waals surface area contributed by atoms with Gasteiger partial charge in [-0.05, 0) is 63.3 Å². The molecule has 0 radical (unpaired) electrons. The predicted octanol–water partition coefficient (Wildman–Crippen LogP) is 4.63. The second-order valence-electron chi connectivity index (χ2n) is 9.21. The van der Waals surface area contributed by atoms with E-state index in [0.29, 0.717) is 24.9 Å². The number of carbonyl (C=O) groups excluding carboxylic acids is 3. The van der Waals surface area contributed by atoms with Gasteiger partial charge in [-0.15, -0.1) is 0 Å². The smallest absolute Gasteiger partial charge is 0.408 e. The van der Waals surface area contributed by atoms with Crippen molar-refractivity contribution in [2.24, 2.45) is 0 Å². The number of alkyl carbamates (subject to hydrolysis) is 2. The number of nitro groups is 1. The van der Waals surface area contributed by atoms with Gasteiger partial charge in [-0.1, -0.05) is 30.3 Å². The predicted molar refractivity (Wildman–Crippen MR) is 135 cm³/mol. The molecule has 11 nitrogen and oxygen atoms in total. The minimum absolute atomic E-state index is 0.0387. The molecule has 0 aliphatic heterocycles. The molecule has 0 unspecified atom stereocenters. The van der Waals surface area contributed by atoms with Crippen LogP contribution in [0.15, 0.2) is 54.6 Å². The second-order valence-corrected chi connectivity index (χ2v) is 9.21. The summed E-state index contributed by atoms with van der Waals surface area (Å²) in [6.07, 6.45) is -0.0320. The highest BCUT2D eigenvalue weighted by Gasteiger charge is 2.23. The molecule has 0 saturated heterocycles. The molecule has 2 aromatic carbocycles. The van der Waals surface area contributed by atoms with Crippen LogP contribution in [0.1, 0.15) is 51.2 Å². The molecule has 0 fully saturated rings. The van der Waals surface area contributed by atoms with Crippen LogP contribution in [0.4, 0.5) is 15.3 Å². The van der Waals surface area contributed by atoms with E-state index in [2.05, 4.69) is 10.6 Å². The molecule has 0 aromatic heterocycles. The van der Waals surface area contributed by atoms with Gasteiger partial charge in [0.15, 0.2) is 0 Å². The van der Waals surface area contributed by atoms with Gasteiger partial charge in [0.05, 0.1) is 4.92 Å². The monoisotopic (exact) mass is 515 g/mol. The molecule has 0 aliphatic rings. The number of esters is 1. The summed E-state index contributed by atoms with van der Waals surface area (Å²) in [5.74, 6) is -0.671. The Kier molecular flexibility index (Phi) is 11.3. The number of hydrogen-bond acceptors (Lipinski definition) is 8. The number of nitro benzene ring substituents is 1. The van der Waals surface area contributed by atoms with Crippen molar-refractivity contribution < 1.29 is 33.5 Å². The minimum Gasteiger partial charge on any atom is -0.459 e. The Hall–Kier alpha value is -4.15. The van der Waals surface area contributed by atoms with Gasteiger partial charge < -0.3 is 24.8 Å². The Labute approximate surface area is 215 Å². The number of carbonyl (C=O) groups is 3. The maximum Gasteiger partial charge on any atom is 0.408 e. The SMILES string of the molecule is CC(C)(C)OC(=O)NCCCC[C@@H](NC(=O)OCc1ccccc1)C(=O)OCc1ccc([N+](=O)[O-])cc1. The zero-order valence-corrected chi connectivity index (χ0v) is 21.2. The van der Waals surface area contributed by atoms with Gasteiger partial charge in [-0.2, -0.15) is 0 Å². The Morgan fingerprint density at radius 1 is 0.892 bits per heavy atom. The lowest BCUT2D eigenvalue weighted by Crippen LogP contribution is -2.42. The summed E-state index contributed by atoms with van der Waals surface area (Å²) in [4.78, 5) is 47.1. The summed E-state index contributed by atoms with van der Waals surface area (Å²) in [7, 11) is 0. The fraction of sp³-hybridized carbons (Fsp3) is 0.423. The number of rotatable bonds is 12. The van der Waals surface area contributed by atoms with Gasteiger partial charge in [0.2, 0.25) is 0 Å². The van der Waals surface area contributed by atoms with Crippen LogP contribution < -0.4 is 10.6 Å². The number of nitrogens with one attached hydrogen (secondary N) is 2. The van der Waals surface area contributed by atoms with E-state index in [0.717, 1.165) is 5.56 Å². The summed E-state index contributed by atoms with van der Waals surface area (Å²) in [6, 6.07) is 13.7. The van der Waals surface area contributed by atoms with Crippen molar-refractivity contribution in [1.82, 2.24) is 10.6 Å². The van der Waals surface area contributed by atoms with Crippen LogP contribution in [0.5, 0.6) is 0 Å². The number of amides is 2. The van der Waals surface area contributed by atoms with E-state index in [9.17, 15) is 24.5 Å². The molecular weight excluding hydrogens is 482 g/mol. The van der Waals surface area contributed by atoms with Crippen molar-refractivity contribution in [3.63, 3.8) is 0 Å². The number of benzene rings is 2. The van der Waals surface area contributed by atoms with Gasteiger partial charge in [0, 0.05) is 18.7 Å². The zero-order valence-electron chi connectivity index (χ0n) is 21.2. The first-order valence-electron chi connectivity index (χ1n) is 11.9. The largest absolute Gasteiger partial charge is 0.459 e. The lowest BCUT2D eigenvalue weighted by molar-refractivity contribution is -0.384. The third-order valence-electron chi connectivity index (χ3n) is 4.91. The van der Waals surface area contributed by atoms with Crippen LogP contribution in [0.25, 0.3) is 0 Å². The average molecular weight is 516 g/mol. The van der Waals surface area contributed by atoms with Gasteiger partial charge in [-0.3, -0.25) is 10.1 Å². The molecule has 0 spiro atoms. The molecule has 0 bridgehead atoms. The zero-order chi connectivity index (χ0) is 27.3. The molecule has 37 heavy (non-hydrogen) atoms. The minimum atomic E-state index is -0.983. The molecule has 11 heteroatoms. The molecule has 0 saturated carbocycles. The summed E-state index contributed by atoms with van der Waals surface area (Å²) in [5.41, 5.74) is 0.678. The fourth-order valence-electron chi connectivity index (χ4n) is 3.10. The normalized spacial score (nSPS) is 11.6. The van der Waals surface area contributed by atoms with Crippen LogP contribution in [-0.2, 0) is 32.2 Å². The number of nitrogens with zero attached hydrogens (tertiary/aromatic N) is 1. The first kappa shape index (κ1) is 29.1. The highest BCUT2D eigenvalue weighted by molar-refractivity contribution is 5.81. The van der Waals surface area contributed by atoms with Crippen molar-refractivity contribution in [2.75, 3.05) is 6.54 Å². The number of unbranched alkanes of at least 4 members (excludes halogenated alkanes) is 1. The lowest BCUT2D eigenvalue weighted by atomic mass is 10.1. The molecule has 0 heterocycles. The Morgan fingerprint density at radius 3 is 2.14 bits per heavy atom. The number of hydrogen-bond donors (Lipinski definition) is 2. The van der Waals surface area contributed by atoms with Crippen molar-refractivity contribution in [3.8, 4) is 0 Å². The van der Waals surface area contributed by atoms with Crippen molar-refractivity contribution in [3.05, 3.63) is 75.8 Å². The molecule has 2 N–H and O–H groups in total. The van der Waals surface area contributed by atoms with E-state index >= 15 is 0 Å². The summed E-state index contributed by atoms with van der Waals surface area (Å²) in [5, 5.41) is 16.0. The van der Waals surface area contributed by atoms with Crippen LogP contribution in [0.2, 0.25) is 0 Å². The first-order chi connectivity index (χ1) is 17.5. The van der Waals surface area contributed by atoms with Gasteiger partial charge in [0.1, 0.15) is 24.9 Å². The molecule has 200 valence electrons. The molecule has 2 aromatic rings. The van der Waals surface area contributed by atoms with Gasteiger partial charge >= 0.3 is 18.2 Å². The molecular formula is C26H33N3O8. The average Bonchev–Trinajstić information content (AvgIpc) is 2.85. The lowest BCUT2D eigenvalue weighted by Gasteiger charge is -2.20. The van der Waals surface area contributed by atoms with Crippen molar-refractivity contribution in [1.29, 1.82) is 0 Å². The summed E-state index contributed by atoms with van der Waals surface area (Å²) < 4.78 is 15.7. The summed E-state index contributed by atoms with van der Waals surface area (Å²) >= 11 is 0. The van der Waals surface area contributed by atoms with Crippen LogP contribution in [-0.4, -0.2) is 41.3 Å². The van der Waals surface area contributed by atoms with Crippen LogP contribution >= 0.6 is 0 Å². The maximum atomic E-state index is 12.7.